The zero-order valence-corrected chi connectivity index (χ0v) is 19.4. The number of hydrogen-bond donors (Lipinski definition) is 2. The summed E-state index contributed by atoms with van der Waals surface area (Å²) in [4.78, 5) is 21.6. The number of carbonyl (C=O) groups excluding carboxylic acids is 1. The number of nitrogens with zero attached hydrogens (tertiary/aromatic N) is 3. The minimum Gasteiger partial charge on any atom is -0.324 e. The Balaban J connectivity index is 1.73. The molecule has 0 aliphatic carbocycles. The van der Waals surface area contributed by atoms with E-state index >= 15 is 0 Å². The van der Waals surface area contributed by atoms with Gasteiger partial charge in [-0.25, -0.2) is 18.4 Å². The van der Waals surface area contributed by atoms with Gasteiger partial charge in [-0.3, -0.25) is 4.79 Å². The molecule has 3 rings (SSSR count). The molecule has 9 heteroatoms. The number of sulfonamides is 1. The molecule has 8 nitrogen and oxygen atoms in total. The van der Waals surface area contributed by atoms with Crippen LogP contribution in [0.3, 0.4) is 0 Å². The third-order valence-corrected chi connectivity index (χ3v) is 6.88. The van der Waals surface area contributed by atoms with E-state index in [0.717, 1.165) is 11.4 Å². The van der Waals surface area contributed by atoms with Gasteiger partial charge in [-0.2, -0.15) is 4.31 Å². The zero-order chi connectivity index (χ0) is 23.3. The lowest BCUT2D eigenvalue weighted by atomic mass is 10.2. The molecule has 0 aliphatic rings. The fraction of sp³-hybridized carbons (Fsp3) is 0.261. The smallest absolute Gasteiger partial charge is 0.255 e. The molecule has 0 bridgehead atoms. The van der Waals surface area contributed by atoms with Crippen LogP contribution in [0.5, 0.6) is 0 Å². The Kier molecular flexibility index (Phi) is 7.22. The molecule has 0 unspecified atom stereocenters. The summed E-state index contributed by atoms with van der Waals surface area (Å²) >= 11 is 0. The Morgan fingerprint density at radius 1 is 0.906 bits per heavy atom. The van der Waals surface area contributed by atoms with Crippen LogP contribution in [0.4, 0.5) is 17.3 Å². The molecular formula is C23H27N5O3S. The van der Waals surface area contributed by atoms with Crippen molar-refractivity contribution < 1.29 is 13.2 Å². The van der Waals surface area contributed by atoms with Gasteiger partial charge in [0.1, 0.15) is 0 Å². The van der Waals surface area contributed by atoms with Crippen molar-refractivity contribution in [1.82, 2.24) is 14.3 Å². The highest BCUT2D eigenvalue weighted by molar-refractivity contribution is 7.89. The molecule has 3 aromatic rings. The average molecular weight is 454 g/mol. The monoisotopic (exact) mass is 453 g/mol. The van der Waals surface area contributed by atoms with Crippen LogP contribution in [-0.2, 0) is 10.0 Å². The van der Waals surface area contributed by atoms with E-state index in [9.17, 15) is 13.2 Å². The number of aromatic nitrogens is 2. The standard InChI is InChI=1S/C23H27N5O3S/c1-5-28(6-2)32(30,31)21-12-10-19(11-13-21)26-22(29)18-8-7-9-20(15-18)27-23-24-16(3)14-17(4)25-23/h7-15H,5-6H2,1-4H3,(H,26,29)(H,24,25,27). The van der Waals surface area contributed by atoms with Gasteiger partial charge in [-0.05, 0) is 62.4 Å². The van der Waals surface area contributed by atoms with Gasteiger partial charge in [0.2, 0.25) is 16.0 Å². The summed E-state index contributed by atoms with van der Waals surface area (Å²) in [6, 6.07) is 15.0. The number of rotatable bonds is 8. The Labute approximate surface area is 188 Å². The maximum Gasteiger partial charge on any atom is 0.255 e. The lowest BCUT2D eigenvalue weighted by Gasteiger charge is -2.18. The molecule has 0 radical (unpaired) electrons. The molecule has 32 heavy (non-hydrogen) atoms. The summed E-state index contributed by atoms with van der Waals surface area (Å²) in [7, 11) is -3.54. The molecule has 1 aromatic heterocycles. The number of benzene rings is 2. The summed E-state index contributed by atoms with van der Waals surface area (Å²) in [5.74, 6) is 0.152. The lowest BCUT2D eigenvalue weighted by molar-refractivity contribution is 0.102. The first kappa shape index (κ1) is 23.4. The van der Waals surface area contributed by atoms with E-state index in [2.05, 4.69) is 20.6 Å². The first-order valence-corrected chi connectivity index (χ1v) is 11.8. The molecule has 0 saturated carbocycles. The SMILES string of the molecule is CCN(CC)S(=O)(=O)c1ccc(NC(=O)c2cccc(Nc3nc(C)cc(C)n3)c2)cc1. The molecule has 0 spiro atoms. The Morgan fingerprint density at radius 2 is 1.53 bits per heavy atom. The van der Waals surface area contributed by atoms with Crippen LogP contribution in [0.1, 0.15) is 35.6 Å². The predicted molar refractivity (Wildman–Crippen MR) is 126 cm³/mol. The van der Waals surface area contributed by atoms with Crippen molar-refractivity contribution in [1.29, 1.82) is 0 Å². The number of nitrogens with one attached hydrogen (secondary N) is 2. The lowest BCUT2D eigenvalue weighted by Crippen LogP contribution is -2.30. The summed E-state index contributed by atoms with van der Waals surface area (Å²) in [5.41, 5.74) is 3.33. The molecule has 0 atom stereocenters. The van der Waals surface area contributed by atoms with E-state index in [0.29, 0.717) is 36.0 Å². The van der Waals surface area contributed by atoms with Gasteiger partial charge < -0.3 is 10.6 Å². The van der Waals surface area contributed by atoms with Crippen LogP contribution in [0.25, 0.3) is 0 Å². The molecule has 2 aromatic carbocycles. The highest BCUT2D eigenvalue weighted by Crippen LogP contribution is 2.20. The van der Waals surface area contributed by atoms with Gasteiger partial charge >= 0.3 is 0 Å². The predicted octanol–water partition coefficient (Wildman–Crippen LogP) is 4.12. The number of amides is 1. The van der Waals surface area contributed by atoms with Crippen molar-refractivity contribution in [3.8, 4) is 0 Å². The van der Waals surface area contributed by atoms with Crippen LogP contribution >= 0.6 is 0 Å². The number of aryl methyl sites for hydroxylation is 2. The maximum absolute atomic E-state index is 12.7. The van der Waals surface area contributed by atoms with Gasteiger partial charge in [0, 0.05) is 41.4 Å². The van der Waals surface area contributed by atoms with Crippen LogP contribution in [0.2, 0.25) is 0 Å². The van der Waals surface area contributed by atoms with Gasteiger partial charge in [0.25, 0.3) is 5.91 Å². The van der Waals surface area contributed by atoms with E-state index < -0.39 is 10.0 Å². The van der Waals surface area contributed by atoms with E-state index in [1.165, 1.54) is 16.4 Å². The minimum absolute atomic E-state index is 0.193. The second-order valence-electron chi connectivity index (χ2n) is 7.25. The summed E-state index contributed by atoms with van der Waals surface area (Å²) < 4.78 is 26.6. The van der Waals surface area contributed by atoms with Crippen LogP contribution in [0, 0.1) is 13.8 Å². The average Bonchev–Trinajstić information content (AvgIpc) is 2.74. The molecule has 0 aliphatic heterocycles. The first-order valence-electron chi connectivity index (χ1n) is 10.3. The topological polar surface area (TPSA) is 104 Å². The minimum atomic E-state index is -3.54. The second-order valence-corrected chi connectivity index (χ2v) is 9.19. The van der Waals surface area contributed by atoms with Gasteiger partial charge in [-0.1, -0.05) is 19.9 Å². The fourth-order valence-corrected chi connectivity index (χ4v) is 4.73. The number of hydrogen-bond acceptors (Lipinski definition) is 6. The summed E-state index contributed by atoms with van der Waals surface area (Å²) in [6.07, 6.45) is 0. The molecule has 2 N–H and O–H groups in total. The normalized spacial score (nSPS) is 11.4. The van der Waals surface area contributed by atoms with E-state index in [-0.39, 0.29) is 10.8 Å². The van der Waals surface area contributed by atoms with E-state index in [4.69, 9.17) is 0 Å². The Hall–Kier alpha value is -3.30. The number of carbonyl (C=O) groups is 1. The maximum atomic E-state index is 12.7. The molecule has 1 amide bonds. The summed E-state index contributed by atoms with van der Waals surface area (Å²) in [5, 5.41) is 5.91. The van der Waals surface area contributed by atoms with Crippen molar-refractivity contribution in [2.45, 2.75) is 32.6 Å². The highest BCUT2D eigenvalue weighted by atomic mass is 32.2. The van der Waals surface area contributed by atoms with Crippen molar-refractivity contribution in [3.63, 3.8) is 0 Å². The molecule has 1 heterocycles. The molecule has 0 fully saturated rings. The Bertz CT molecular complexity index is 1190. The van der Waals surface area contributed by atoms with E-state index in [1.807, 2.05) is 26.0 Å². The summed E-state index contributed by atoms with van der Waals surface area (Å²) in [6.45, 7) is 8.17. The van der Waals surface area contributed by atoms with Crippen molar-refractivity contribution >= 4 is 33.3 Å². The fourth-order valence-electron chi connectivity index (χ4n) is 3.28. The van der Waals surface area contributed by atoms with E-state index in [1.54, 1.807) is 44.2 Å². The quantitative estimate of drug-likeness (QED) is 0.532. The van der Waals surface area contributed by atoms with Crippen molar-refractivity contribution in [2.75, 3.05) is 23.7 Å². The zero-order valence-electron chi connectivity index (χ0n) is 18.6. The molecule has 0 saturated heterocycles. The molecular weight excluding hydrogens is 426 g/mol. The third-order valence-electron chi connectivity index (χ3n) is 4.82. The Morgan fingerprint density at radius 3 is 2.12 bits per heavy atom. The first-order chi connectivity index (χ1) is 15.2. The van der Waals surface area contributed by atoms with Crippen LogP contribution < -0.4 is 10.6 Å². The molecule has 168 valence electrons. The van der Waals surface area contributed by atoms with Crippen LogP contribution in [0.15, 0.2) is 59.5 Å². The third kappa shape index (κ3) is 5.49. The highest BCUT2D eigenvalue weighted by Gasteiger charge is 2.21. The van der Waals surface area contributed by atoms with Crippen molar-refractivity contribution in [3.05, 3.63) is 71.5 Å². The van der Waals surface area contributed by atoms with Gasteiger partial charge in [0.05, 0.1) is 4.90 Å². The number of anilines is 3. The van der Waals surface area contributed by atoms with Crippen LogP contribution in [-0.4, -0.2) is 41.7 Å². The van der Waals surface area contributed by atoms with Crippen molar-refractivity contribution in [2.24, 2.45) is 0 Å². The second kappa shape index (κ2) is 9.88. The van der Waals surface area contributed by atoms with Gasteiger partial charge in [0.15, 0.2) is 0 Å². The largest absolute Gasteiger partial charge is 0.324 e. The van der Waals surface area contributed by atoms with Gasteiger partial charge in [-0.15, -0.1) is 0 Å².